The van der Waals surface area contributed by atoms with Gasteiger partial charge >= 0.3 is 0 Å². The van der Waals surface area contributed by atoms with Gasteiger partial charge in [-0.15, -0.1) is 11.3 Å². The van der Waals surface area contributed by atoms with Crippen molar-refractivity contribution in [3.05, 3.63) is 58.4 Å². The monoisotopic (exact) mass is 469 g/mol. The maximum atomic E-state index is 6.18. The largest absolute Gasteiger partial charge is 0.456 e. The van der Waals surface area contributed by atoms with Crippen LogP contribution in [-0.2, 0) is 0 Å². The van der Waals surface area contributed by atoms with Gasteiger partial charge in [-0.05, 0) is 68.8 Å². The van der Waals surface area contributed by atoms with E-state index in [-0.39, 0.29) is 0 Å². The number of guanidine groups is 1. The predicted octanol–water partition coefficient (Wildman–Crippen LogP) is 5.78. The summed E-state index contributed by atoms with van der Waals surface area (Å²) in [6.45, 7) is 5.93. The summed E-state index contributed by atoms with van der Waals surface area (Å²) in [7, 11) is 0. The number of hydrogen-bond acceptors (Lipinski definition) is 5. The van der Waals surface area contributed by atoms with Crippen molar-refractivity contribution in [2.45, 2.75) is 26.2 Å². The molecule has 32 heavy (non-hydrogen) atoms. The molecule has 0 aliphatic carbocycles. The SMILES string of the molecule is Cc1cc(Cl)ccc1Oc1ccccc1-c1csc(NC(N)=NCCN2CCCCC2)n1. The summed E-state index contributed by atoms with van der Waals surface area (Å²) >= 11 is 7.56. The average molecular weight is 470 g/mol. The molecule has 1 saturated heterocycles. The second-order valence-electron chi connectivity index (χ2n) is 7.84. The highest BCUT2D eigenvalue weighted by Gasteiger charge is 2.13. The summed E-state index contributed by atoms with van der Waals surface area (Å²) in [4.78, 5) is 11.6. The lowest BCUT2D eigenvalue weighted by molar-refractivity contribution is 0.235. The van der Waals surface area contributed by atoms with Crippen molar-refractivity contribution >= 4 is 34.0 Å². The number of aromatic nitrogens is 1. The highest BCUT2D eigenvalue weighted by atomic mass is 35.5. The molecule has 0 atom stereocenters. The number of halogens is 1. The minimum Gasteiger partial charge on any atom is -0.456 e. The van der Waals surface area contributed by atoms with E-state index in [1.54, 1.807) is 0 Å². The number of anilines is 1. The van der Waals surface area contributed by atoms with Crippen molar-refractivity contribution in [2.75, 3.05) is 31.5 Å². The smallest absolute Gasteiger partial charge is 0.194 e. The van der Waals surface area contributed by atoms with Crippen LogP contribution in [0.1, 0.15) is 24.8 Å². The van der Waals surface area contributed by atoms with Gasteiger partial charge in [0.25, 0.3) is 0 Å². The van der Waals surface area contributed by atoms with E-state index in [0.717, 1.165) is 48.0 Å². The van der Waals surface area contributed by atoms with Crippen LogP contribution in [0, 0.1) is 6.92 Å². The number of likely N-dealkylation sites (tertiary alicyclic amines) is 1. The topological polar surface area (TPSA) is 75.8 Å². The van der Waals surface area contributed by atoms with Crippen molar-refractivity contribution in [2.24, 2.45) is 10.7 Å². The van der Waals surface area contributed by atoms with Crippen LogP contribution in [0.4, 0.5) is 5.13 Å². The number of hydrogen-bond donors (Lipinski definition) is 2. The second kappa shape index (κ2) is 10.8. The number of benzene rings is 2. The molecular formula is C24H28ClN5OS. The third-order valence-corrected chi connectivity index (χ3v) is 6.40. The standard InChI is InChI=1S/C24H28ClN5OS/c1-17-15-18(25)9-10-21(17)31-22-8-4-3-7-19(22)20-16-32-24(28-20)29-23(26)27-11-14-30-12-5-2-6-13-30/h3-4,7-10,15-16H,2,5-6,11-14H2,1H3,(H3,26,27,28,29). The number of aliphatic imine (C=N–C) groups is 1. The number of nitrogens with two attached hydrogens (primary N) is 1. The highest BCUT2D eigenvalue weighted by Crippen LogP contribution is 2.36. The quantitative estimate of drug-likeness (QED) is 0.339. The number of ether oxygens (including phenoxy) is 1. The Hall–Kier alpha value is -2.61. The van der Waals surface area contributed by atoms with Gasteiger partial charge in [-0.2, -0.15) is 0 Å². The number of nitrogens with zero attached hydrogens (tertiary/aromatic N) is 3. The summed E-state index contributed by atoms with van der Waals surface area (Å²) in [5.74, 6) is 1.89. The molecular weight excluding hydrogens is 442 g/mol. The fourth-order valence-corrected chi connectivity index (χ4v) is 4.66. The number of piperidine rings is 1. The van der Waals surface area contributed by atoms with Crippen LogP contribution < -0.4 is 15.8 Å². The summed E-state index contributed by atoms with van der Waals surface area (Å²) < 4.78 is 6.18. The van der Waals surface area contributed by atoms with Gasteiger partial charge in [0.2, 0.25) is 0 Å². The molecule has 0 radical (unpaired) electrons. The summed E-state index contributed by atoms with van der Waals surface area (Å²) in [5.41, 5.74) is 8.78. The Labute approximate surface area is 198 Å². The zero-order chi connectivity index (χ0) is 22.3. The molecule has 3 aromatic rings. The fourth-order valence-electron chi connectivity index (χ4n) is 3.71. The molecule has 1 aliphatic rings. The molecule has 2 aromatic carbocycles. The molecule has 0 saturated carbocycles. The van der Waals surface area contributed by atoms with Crippen molar-refractivity contribution in [1.82, 2.24) is 9.88 Å². The molecule has 168 valence electrons. The first-order chi connectivity index (χ1) is 15.6. The first-order valence-electron chi connectivity index (χ1n) is 10.9. The normalized spacial score (nSPS) is 15.0. The summed E-state index contributed by atoms with van der Waals surface area (Å²) in [5, 5.41) is 6.50. The minimum absolute atomic E-state index is 0.393. The van der Waals surface area contributed by atoms with Gasteiger partial charge in [0.05, 0.1) is 12.2 Å². The van der Waals surface area contributed by atoms with Crippen molar-refractivity contribution in [3.63, 3.8) is 0 Å². The van der Waals surface area contributed by atoms with Crippen molar-refractivity contribution in [3.8, 4) is 22.8 Å². The van der Waals surface area contributed by atoms with Gasteiger partial charge in [-0.25, -0.2) is 4.98 Å². The molecule has 0 unspecified atom stereocenters. The Kier molecular flexibility index (Phi) is 7.63. The third-order valence-electron chi connectivity index (χ3n) is 5.41. The van der Waals surface area contributed by atoms with Gasteiger partial charge in [0.15, 0.2) is 11.1 Å². The Morgan fingerprint density at radius 1 is 1.19 bits per heavy atom. The van der Waals surface area contributed by atoms with E-state index >= 15 is 0 Å². The minimum atomic E-state index is 0.393. The Morgan fingerprint density at radius 2 is 2.00 bits per heavy atom. The molecule has 0 amide bonds. The van der Waals surface area contributed by atoms with Crippen molar-refractivity contribution in [1.29, 1.82) is 0 Å². The number of nitrogens with one attached hydrogen (secondary N) is 1. The van der Waals surface area contributed by atoms with E-state index < -0.39 is 0 Å². The molecule has 8 heteroatoms. The van der Waals surface area contributed by atoms with Gasteiger partial charge in [0, 0.05) is 22.5 Å². The molecule has 6 nitrogen and oxygen atoms in total. The lowest BCUT2D eigenvalue weighted by atomic mass is 10.1. The number of thiazole rings is 1. The molecule has 3 N–H and O–H groups in total. The van der Waals surface area contributed by atoms with E-state index in [1.165, 1.54) is 30.6 Å². The van der Waals surface area contributed by atoms with Gasteiger partial charge < -0.3 is 20.7 Å². The number of rotatable bonds is 7. The Morgan fingerprint density at radius 3 is 2.81 bits per heavy atom. The molecule has 1 fully saturated rings. The fraction of sp³-hybridized carbons (Fsp3) is 0.333. The van der Waals surface area contributed by atoms with Crippen LogP contribution in [0.25, 0.3) is 11.3 Å². The lowest BCUT2D eigenvalue weighted by Gasteiger charge is -2.25. The van der Waals surface area contributed by atoms with Crippen LogP contribution in [0.5, 0.6) is 11.5 Å². The van der Waals surface area contributed by atoms with Crippen LogP contribution in [0.3, 0.4) is 0 Å². The van der Waals surface area contributed by atoms with Crippen molar-refractivity contribution < 1.29 is 4.74 Å². The molecule has 0 bridgehead atoms. The van der Waals surface area contributed by atoms with Gasteiger partial charge in [0.1, 0.15) is 11.5 Å². The number of aryl methyl sites for hydroxylation is 1. The third kappa shape index (κ3) is 6.00. The van der Waals surface area contributed by atoms with E-state index in [0.29, 0.717) is 22.7 Å². The average Bonchev–Trinajstić information content (AvgIpc) is 3.25. The van der Waals surface area contributed by atoms with Crippen LogP contribution >= 0.6 is 22.9 Å². The molecule has 2 heterocycles. The van der Waals surface area contributed by atoms with E-state index in [9.17, 15) is 0 Å². The van der Waals surface area contributed by atoms with E-state index in [4.69, 9.17) is 27.1 Å². The van der Waals surface area contributed by atoms with E-state index in [1.807, 2.05) is 54.8 Å². The zero-order valence-electron chi connectivity index (χ0n) is 18.2. The Balaban J connectivity index is 1.41. The van der Waals surface area contributed by atoms with Gasteiger partial charge in [-0.3, -0.25) is 4.99 Å². The Bertz CT molecular complexity index is 1080. The summed E-state index contributed by atoms with van der Waals surface area (Å²) in [6, 6.07) is 13.4. The highest BCUT2D eigenvalue weighted by molar-refractivity contribution is 7.14. The molecule has 0 spiro atoms. The van der Waals surface area contributed by atoms with Crippen LogP contribution in [0.2, 0.25) is 5.02 Å². The maximum absolute atomic E-state index is 6.18. The molecule has 4 rings (SSSR count). The lowest BCUT2D eigenvalue weighted by Crippen LogP contribution is -2.32. The molecule has 1 aromatic heterocycles. The molecule has 1 aliphatic heterocycles. The summed E-state index contributed by atoms with van der Waals surface area (Å²) in [6.07, 6.45) is 3.90. The van der Waals surface area contributed by atoms with Crippen LogP contribution in [-0.4, -0.2) is 42.0 Å². The first kappa shape index (κ1) is 22.6. The van der Waals surface area contributed by atoms with Crippen LogP contribution in [0.15, 0.2) is 52.8 Å². The first-order valence-corrected chi connectivity index (χ1v) is 12.1. The second-order valence-corrected chi connectivity index (χ2v) is 9.13. The predicted molar refractivity (Wildman–Crippen MR) is 134 cm³/mol. The van der Waals surface area contributed by atoms with E-state index in [2.05, 4.69) is 15.2 Å². The maximum Gasteiger partial charge on any atom is 0.194 e. The zero-order valence-corrected chi connectivity index (χ0v) is 19.8. The number of para-hydroxylation sites is 1. The van der Waals surface area contributed by atoms with Gasteiger partial charge in [-0.1, -0.05) is 30.2 Å².